The molecule has 0 unspecified atom stereocenters. The van der Waals surface area contributed by atoms with Gasteiger partial charge in [0, 0.05) is 31.6 Å². The number of fused-ring (bicyclic) bond motifs is 1. The largest absolute Gasteiger partial charge is 0.465 e. The molecule has 1 saturated heterocycles. The highest BCUT2D eigenvalue weighted by Crippen LogP contribution is 2.33. The van der Waals surface area contributed by atoms with Crippen molar-refractivity contribution < 1.29 is 37.4 Å². The van der Waals surface area contributed by atoms with Gasteiger partial charge in [0.15, 0.2) is 5.69 Å². The van der Waals surface area contributed by atoms with E-state index in [0.717, 1.165) is 6.33 Å². The normalized spacial score (nSPS) is 20.3. The molecule has 3 heterocycles. The van der Waals surface area contributed by atoms with E-state index in [1.165, 1.54) is 9.80 Å². The van der Waals surface area contributed by atoms with Crippen LogP contribution in [0.3, 0.4) is 0 Å². The monoisotopic (exact) mass is 445 g/mol. The summed E-state index contributed by atoms with van der Waals surface area (Å²) < 4.78 is 44.6. The first-order valence-electron chi connectivity index (χ1n) is 9.61. The second kappa shape index (κ2) is 9.04. The molecule has 3 amide bonds. The highest BCUT2D eigenvalue weighted by molar-refractivity contribution is 5.80. The molecule has 0 aromatic carbocycles. The minimum Gasteiger partial charge on any atom is -0.465 e. The maximum atomic E-state index is 13.1. The fourth-order valence-corrected chi connectivity index (χ4v) is 3.70. The first kappa shape index (κ1) is 22.7. The number of hydrogen-bond acceptors (Lipinski definition) is 6. The molecule has 1 fully saturated rings. The molecule has 2 aliphatic heterocycles. The third-order valence-corrected chi connectivity index (χ3v) is 5.14. The van der Waals surface area contributed by atoms with Crippen molar-refractivity contribution in [3.05, 3.63) is 23.3 Å². The third-order valence-electron chi connectivity index (χ3n) is 5.14. The summed E-state index contributed by atoms with van der Waals surface area (Å²) in [5.41, 5.74) is -0.927. The zero-order valence-electron chi connectivity index (χ0n) is 16.7. The molecule has 31 heavy (non-hydrogen) atoms. The van der Waals surface area contributed by atoms with Gasteiger partial charge < -0.3 is 25.0 Å². The van der Waals surface area contributed by atoms with Gasteiger partial charge in [-0.25, -0.2) is 14.8 Å². The van der Waals surface area contributed by atoms with E-state index < -0.39 is 29.9 Å². The molecule has 2 N–H and O–H groups in total. The smallest absolute Gasteiger partial charge is 0.433 e. The Hall–Kier alpha value is -2.96. The minimum atomic E-state index is -4.61. The van der Waals surface area contributed by atoms with E-state index in [2.05, 4.69) is 15.3 Å². The summed E-state index contributed by atoms with van der Waals surface area (Å²) in [6, 6.07) is -0.878. The van der Waals surface area contributed by atoms with Crippen LogP contribution in [0.1, 0.15) is 30.3 Å². The maximum Gasteiger partial charge on any atom is 0.433 e. The van der Waals surface area contributed by atoms with Gasteiger partial charge in [0.25, 0.3) is 0 Å². The van der Waals surface area contributed by atoms with Crippen molar-refractivity contribution in [3.63, 3.8) is 0 Å². The van der Waals surface area contributed by atoms with Gasteiger partial charge >= 0.3 is 12.3 Å². The highest BCUT2D eigenvalue weighted by Gasteiger charge is 2.38. The van der Waals surface area contributed by atoms with Crippen LogP contribution in [0.15, 0.2) is 6.33 Å². The molecule has 0 spiro atoms. The van der Waals surface area contributed by atoms with Gasteiger partial charge in [-0.3, -0.25) is 9.59 Å². The quantitative estimate of drug-likeness (QED) is 0.682. The van der Waals surface area contributed by atoms with E-state index in [0.29, 0.717) is 0 Å². The number of hydrogen-bond donors (Lipinski definition) is 2. The number of amides is 3. The SMILES string of the molecule is C[C@H]1CN(C[C@H](CC(=O)N2CCc3c(ncnc3C(F)(F)F)C2)NC(=O)O)C(=O)CO1. The van der Waals surface area contributed by atoms with Gasteiger partial charge in [0.2, 0.25) is 11.8 Å². The number of carbonyl (C=O) groups excluding carboxylic acids is 2. The predicted octanol–water partition coefficient (Wildman–Crippen LogP) is 0.654. The van der Waals surface area contributed by atoms with Crippen LogP contribution in [-0.4, -0.2) is 81.2 Å². The summed E-state index contributed by atoms with van der Waals surface area (Å²) >= 11 is 0. The number of aromatic nitrogens is 2. The van der Waals surface area contributed by atoms with Crippen molar-refractivity contribution >= 4 is 17.9 Å². The lowest BCUT2D eigenvalue weighted by Crippen LogP contribution is -2.53. The summed E-state index contributed by atoms with van der Waals surface area (Å²) in [6.45, 7) is 1.78. The fraction of sp³-hybridized carbons (Fsp3) is 0.611. The van der Waals surface area contributed by atoms with Crippen LogP contribution in [0.25, 0.3) is 0 Å². The lowest BCUT2D eigenvalue weighted by Gasteiger charge is -2.34. The van der Waals surface area contributed by atoms with Crippen molar-refractivity contribution in [2.45, 2.75) is 44.6 Å². The maximum absolute atomic E-state index is 13.1. The summed E-state index contributed by atoms with van der Waals surface area (Å²) in [5, 5.41) is 11.3. The molecule has 2 atom stereocenters. The Morgan fingerprint density at radius 2 is 2.13 bits per heavy atom. The number of rotatable bonds is 5. The topological polar surface area (TPSA) is 125 Å². The van der Waals surface area contributed by atoms with Crippen molar-refractivity contribution in [2.75, 3.05) is 26.2 Å². The first-order chi connectivity index (χ1) is 14.5. The number of nitrogens with one attached hydrogen (secondary N) is 1. The molecule has 170 valence electrons. The van der Waals surface area contributed by atoms with Crippen LogP contribution < -0.4 is 5.32 Å². The highest BCUT2D eigenvalue weighted by atomic mass is 19.4. The van der Waals surface area contributed by atoms with Crippen LogP contribution in [0, 0.1) is 0 Å². The number of halogens is 3. The molecule has 0 radical (unpaired) electrons. The van der Waals surface area contributed by atoms with Crippen molar-refractivity contribution in [1.82, 2.24) is 25.1 Å². The van der Waals surface area contributed by atoms with Crippen molar-refractivity contribution in [2.24, 2.45) is 0 Å². The zero-order chi connectivity index (χ0) is 22.8. The molecule has 1 aromatic rings. The molecule has 1 aromatic heterocycles. The number of alkyl halides is 3. The van der Waals surface area contributed by atoms with Gasteiger partial charge in [-0.05, 0) is 13.3 Å². The van der Waals surface area contributed by atoms with Gasteiger partial charge in [0.1, 0.15) is 12.9 Å². The number of carboxylic acid groups (broad SMARTS) is 1. The Labute approximate surface area is 175 Å². The van der Waals surface area contributed by atoms with Crippen LogP contribution in [-0.2, 0) is 33.5 Å². The fourth-order valence-electron chi connectivity index (χ4n) is 3.70. The Morgan fingerprint density at radius 1 is 1.39 bits per heavy atom. The van der Waals surface area contributed by atoms with Crippen LogP contribution >= 0.6 is 0 Å². The van der Waals surface area contributed by atoms with Crippen LogP contribution in [0.2, 0.25) is 0 Å². The molecular weight excluding hydrogens is 423 g/mol. The van der Waals surface area contributed by atoms with E-state index in [-0.39, 0.29) is 68.9 Å². The van der Waals surface area contributed by atoms with E-state index in [1.54, 1.807) is 6.92 Å². The van der Waals surface area contributed by atoms with Gasteiger partial charge in [-0.1, -0.05) is 0 Å². The number of carbonyl (C=O) groups is 3. The lowest BCUT2D eigenvalue weighted by molar-refractivity contribution is -0.149. The Balaban J connectivity index is 1.68. The third kappa shape index (κ3) is 5.60. The van der Waals surface area contributed by atoms with E-state index >= 15 is 0 Å². The van der Waals surface area contributed by atoms with Crippen molar-refractivity contribution in [1.29, 1.82) is 0 Å². The van der Waals surface area contributed by atoms with Crippen LogP contribution in [0.4, 0.5) is 18.0 Å². The number of nitrogens with zero attached hydrogens (tertiary/aromatic N) is 4. The minimum absolute atomic E-state index is 0.0185. The summed E-state index contributed by atoms with van der Waals surface area (Å²) in [4.78, 5) is 45.9. The molecule has 2 aliphatic rings. The molecule has 13 heteroatoms. The molecular formula is C18H22F3N5O5. The van der Waals surface area contributed by atoms with Gasteiger partial charge in [-0.2, -0.15) is 13.2 Å². The predicted molar refractivity (Wildman–Crippen MR) is 97.7 cm³/mol. The van der Waals surface area contributed by atoms with Gasteiger partial charge in [0.05, 0.1) is 24.4 Å². The van der Waals surface area contributed by atoms with Crippen molar-refractivity contribution in [3.8, 4) is 0 Å². The summed E-state index contributed by atoms with van der Waals surface area (Å²) in [7, 11) is 0. The molecule has 0 saturated carbocycles. The Morgan fingerprint density at radius 3 is 2.81 bits per heavy atom. The number of ether oxygens (including phenoxy) is 1. The average Bonchev–Trinajstić information content (AvgIpc) is 2.68. The average molecular weight is 445 g/mol. The Bertz CT molecular complexity index is 865. The van der Waals surface area contributed by atoms with E-state index in [9.17, 15) is 27.6 Å². The lowest BCUT2D eigenvalue weighted by atomic mass is 10.0. The molecule has 0 bridgehead atoms. The first-order valence-corrected chi connectivity index (χ1v) is 9.61. The van der Waals surface area contributed by atoms with Gasteiger partial charge in [-0.15, -0.1) is 0 Å². The molecule has 10 nitrogen and oxygen atoms in total. The van der Waals surface area contributed by atoms with Crippen LogP contribution in [0.5, 0.6) is 0 Å². The van der Waals surface area contributed by atoms with E-state index in [1.807, 2.05) is 0 Å². The molecule has 3 rings (SSSR count). The standard InChI is InChI=1S/C18H22F3N5O5/c1-10-5-26(15(28)8-31-10)6-11(24-17(29)30)4-14(27)25-3-2-12-13(7-25)22-9-23-16(12)18(19,20)21/h9-11,24H,2-8H2,1H3,(H,29,30)/t10-,11-/m0/s1. The summed E-state index contributed by atoms with van der Waals surface area (Å²) in [6.07, 6.45) is -5.68. The second-order valence-electron chi connectivity index (χ2n) is 7.48. The zero-order valence-corrected chi connectivity index (χ0v) is 16.7. The second-order valence-corrected chi connectivity index (χ2v) is 7.48. The summed E-state index contributed by atoms with van der Waals surface area (Å²) in [5.74, 6) is -0.767. The number of morpholine rings is 1. The van der Waals surface area contributed by atoms with E-state index in [4.69, 9.17) is 9.84 Å². The molecule has 0 aliphatic carbocycles. The Kier molecular flexibility index (Phi) is 6.62.